The minimum absolute atomic E-state index is 0.121. The van der Waals surface area contributed by atoms with Crippen LogP contribution in [-0.4, -0.2) is 27.5 Å². The minimum atomic E-state index is -0.224. The Bertz CT molecular complexity index is 576. The maximum absolute atomic E-state index is 12.1. The number of carbonyl (C=O) groups excluding carboxylic acids is 1. The van der Waals surface area contributed by atoms with Crippen molar-refractivity contribution < 1.29 is 4.79 Å². The Kier molecular flexibility index (Phi) is 2.70. The molecule has 2 fully saturated rings. The van der Waals surface area contributed by atoms with Crippen molar-refractivity contribution in [1.29, 1.82) is 0 Å². The van der Waals surface area contributed by atoms with Crippen LogP contribution in [0.2, 0.25) is 0 Å². The van der Waals surface area contributed by atoms with Crippen LogP contribution in [-0.2, 0) is 7.05 Å². The smallest absolute Gasteiger partial charge is 0.271 e. The predicted molar refractivity (Wildman–Crippen MR) is 69.6 cm³/mol. The Labute approximate surface area is 111 Å². The van der Waals surface area contributed by atoms with Gasteiger partial charge < -0.3 is 15.6 Å². The van der Waals surface area contributed by atoms with Gasteiger partial charge in [0.1, 0.15) is 5.69 Å². The molecule has 1 spiro atoms. The van der Waals surface area contributed by atoms with E-state index in [9.17, 15) is 9.59 Å². The van der Waals surface area contributed by atoms with E-state index in [0.717, 1.165) is 19.3 Å². The molecule has 0 aliphatic heterocycles. The first-order valence-corrected chi connectivity index (χ1v) is 6.62. The Balaban J connectivity index is 1.72. The van der Waals surface area contributed by atoms with Gasteiger partial charge in [0.2, 0.25) is 0 Å². The van der Waals surface area contributed by atoms with Crippen molar-refractivity contribution in [3.05, 3.63) is 28.4 Å². The molecule has 0 saturated heterocycles. The maximum Gasteiger partial charge on any atom is 0.271 e. The number of nitrogens with two attached hydrogens (primary N) is 1. The van der Waals surface area contributed by atoms with Gasteiger partial charge in [0.05, 0.1) is 6.20 Å². The zero-order valence-electron chi connectivity index (χ0n) is 10.9. The van der Waals surface area contributed by atoms with Crippen molar-refractivity contribution in [2.75, 3.05) is 0 Å². The molecule has 6 heteroatoms. The molecule has 6 nitrogen and oxygen atoms in total. The van der Waals surface area contributed by atoms with Gasteiger partial charge in [0.15, 0.2) is 0 Å². The SMILES string of the molecule is Cn1cc(C(=O)NC2CC(N)C23CCC3)ncc1=O. The highest BCUT2D eigenvalue weighted by Crippen LogP contribution is 2.55. The molecule has 2 aliphatic rings. The highest BCUT2D eigenvalue weighted by Gasteiger charge is 2.57. The van der Waals surface area contributed by atoms with Gasteiger partial charge in [0, 0.05) is 30.7 Å². The van der Waals surface area contributed by atoms with Crippen LogP contribution >= 0.6 is 0 Å². The van der Waals surface area contributed by atoms with Crippen molar-refractivity contribution in [3.8, 4) is 0 Å². The molecule has 102 valence electrons. The fourth-order valence-corrected chi connectivity index (χ4v) is 3.17. The lowest BCUT2D eigenvalue weighted by molar-refractivity contribution is -0.0390. The summed E-state index contributed by atoms with van der Waals surface area (Å²) >= 11 is 0. The van der Waals surface area contributed by atoms with Crippen LogP contribution in [0, 0.1) is 5.41 Å². The molecule has 2 atom stereocenters. The fourth-order valence-electron chi connectivity index (χ4n) is 3.17. The zero-order chi connectivity index (χ0) is 13.6. The summed E-state index contributed by atoms with van der Waals surface area (Å²) in [6.45, 7) is 0. The molecule has 19 heavy (non-hydrogen) atoms. The molecule has 3 rings (SSSR count). The average molecular weight is 262 g/mol. The van der Waals surface area contributed by atoms with E-state index in [1.54, 1.807) is 7.05 Å². The van der Waals surface area contributed by atoms with Crippen LogP contribution in [0.5, 0.6) is 0 Å². The first-order valence-electron chi connectivity index (χ1n) is 6.62. The van der Waals surface area contributed by atoms with Crippen LogP contribution in [0.25, 0.3) is 0 Å². The second kappa shape index (κ2) is 4.16. The monoisotopic (exact) mass is 262 g/mol. The largest absolute Gasteiger partial charge is 0.347 e. The summed E-state index contributed by atoms with van der Waals surface area (Å²) in [4.78, 5) is 27.2. The maximum atomic E-state index is 12.1. The third-order valence-electron chi connectivity index (χ3n) is 4.72. The number of aromatic nitrogens is 2. The predicted octanol–water partition coefficient (Wildman–Crippen LogP) is -0.220. The third kappa shape index (κ3) is 1.78. The number of hydrogen-bond donors (Lipinski definition) is 2. The Morgan fingerprint density at radius 3 is 2.84 bits per heavy atom. The average Bonchev–Trinajstić information content (AvgIpc) is 2.29. The third-order valence-corrected chi connectivity index (χ3v) is 4.72. The van der Waals surface area contributed by atoms with E-state index >= 15 is 0 Å². The summed E-state index contributed by atoms with van der Waals surface area (Å²) < 4.78 is 1.35. The van der Waals surface area contributed by atoms with E-state index in [1.807, 2.05) is 0 Å². The number of amides is 1. The first kappa shape index (κ1) is 12.3. The summed E-state index contributed by atoms with van der Waals surface area (Å²) in [5.74, 6) is -0.223. The van der Waals surface area contributed by atoms with E-state index in [0.29, 0.717) is 0 Å². The number of nitrogens with zero attached hydrogens (tertiary/aromatic N) is 2. The minimum Gasteiger partial charge on any atom is -0.347 e. The number of nitrogens with one attached hydrogen (secondary N) is 1. The lowest BCUT2D eigenvalue weighted by Gasteiger charge is -2.60. The van der Waals surface area contributed by atoms with E-state index < -0.39 is 0 Å². The van der Waals surface area contributed by atoms with Gasteiger partial charge in [-0.2, -0.15) is 0 Å². The molecule has 0 aromatic carbocycles. The normalized spacial score (nSPS) is 27.5. The number of rotatable bonds is 2. The molecule has 0 radical (unpaired) electrons. The summed E-state index contributed by atoms with van der Waals surface area (Å²) in [6, 6.07) is 0.363. The summed E-state index contributed by atoms with van der Waals surface area (Å²) in [5.41, 5.74) is 6.23. The molecular formula is C13H18N4O2. The van der Waals surface area contributed by atoms with Crippen molar-refractivity contribution in [1.82, 2.24) is 14.9 Å². The van der Waals surface area contributed by atoms with Crippen molar-refractivity contribution in [2.24, 2.45) is 18.2 Å². The number of carbonyl (C=O) groups is 1. The summed E-state index contributed by atoms with van der Waals surface area (Å²) in [5, 5.41) is 3.01. The van der Waals surface area contributed by atoms with E-state index in [4.69, 9.17) is 5.73 Å². The van der Waals surface area contributed by atoms with E-state index in [1.165, 1.54) is 23.4 Å². The van der Waals surface area contributed by atoms with Crippen molar-refractivity contribution >= 4 is 5.91 Å². The molecule has 1 heterocycles. The standard InChI is InChI=1S/C13H18N4O2/c1-17-7-8(15-6-11(17)18)12(19)16-10-5-9(14)13(10)3-2-4-13/h6-7,9-10H,2-5,14H2,1H3,(H,16,19). The zero-order valence-corrected chi connectivity index (χ0v) is 10.9. The fraction of sp³-hybridized carbons (Fsp3) is 0.615. The molecule has 3 N–H and O–H groups in total. The van der Waals surface area contributed by atoms with Gasteiger partial charge in [-0.05, 0) is 19.3 Å². The highest BCUT2D eigenvalue weighted by molar-refractivity contribution is 5.92. The van der Waals surface area contributed by atoms with Crippen LogP contribution in [0.3, 0.4) is 0 Å². The summed E-state index contributed by atoms with van der Waals surface area (Å²) in [6.07, 6.45) is 6.85. The van der Waals surface area contributed by atoms with Gasteiger partial charge in [-0.1, -0.05) is 6.42 Å². The molecule has 2 aliphatic carbocycles. The van der Waals surface area contributed by atoms with Crippen LogP contribution < -0.4 is 16.6 Å². The highest BCUT2D eigenvalue weighted by atomic mass is 16.2. The van der Waals surface area contributed by atoms with Gasteiger partial charge in [-0.15, -0.1) is 0 Å². The molecule has 1 aromatic heterocycles. The molecule has 2 unspecified atom stereocenters. The first-order chi connectivity index (χ1) is 9.03. The molecular weight excluding hydrogens is 244 g/mol. The quantitative estimate of drug-likeness (QED) is 0.771. The lowest BCUT2D eigenvalue weighted by atomic mass is 9.50. The molecule has 2 saturated carbocycles. The molecule has 1 aromatic rings. The Hall–Kier alpha value is -1.69. The van der Waals surface area contributed by atoms with Gasteiger partial charge in [0.25, 0.3) is 11.5 Å². The van der Waals surface area contributed by atoms with Crippen molar-refractivity contribution in [2.45, 2.75) is 37.8 Å². The summed E-state index contributed by atoms with van der Waals surface area (Å²) in [7, 11) is 1.60. The molecule has 0 bridgehead atoms. The van der Waals surface area contributed by atoms with Gasteiger partial charge >= 0.3 is 0 Å². The second-order valence-electron chi connectivity index (χ2n) is 5.68. The lowest BCUT2D eigenvalue weighted by Crippen LogP contribution is -2.69. The second-order valence-corrected chi connectivity index (χ2v) is 5.68. The van der Waals surface area contributed by atoms with E-state index in [-0.39, 0.29) is 34.7 Å². The van der Waals surface area contributed by atoms with E-state index in [2.05, 4.69) is 10.3 Å². The van der Waals surface area contributed by atoms with Crippen LogP contribution in [0.15, 0.2) is 17.2 Å². The number of hydrogen-bond acceptors (Lipinski definition) is 4. The Morgan fingerprint density at radius 2 is 2.32 bits per heavy atom. The molecule has 1 amide bonds. The topological polar surface area (TPSA) is 90.0 Å². The van der Waals surface area contributed by atoms with Gasteiger partial charge in [-0.25, -0.2) is 4.98 Å². The Morgan fingerprint density at radius 1 is 1.58 bits per heavy atom. The van der Waals surface area contributed by atoms with Crippen LogP contribution in [0.1, 0.15) is 36.2 Å². The van der Waals surface area contributed by atoms with Gasteiger partial charge in [-0.3, -0.25) is 9.59 Å². The number of aryl methyl sites for hydroxylation is 1. The van der Waals surface area contributed by atoms with Crippen LogP contribution in [0.4, 0.5) is 0 Å². The van der Waals surface area contributed by atoms with Crippen molar-refractivity contribution in [3.63, 3.8) is 0 Å².